The summed E-state index contributed by atoms with van der Waals surface area (Å²) in [5.41, 5.74) is 1.68. The van der Waals surface area contributed by atoms with E-state index in [2.05, 4.69) is 10.4 Å². The Bertz CT molecular complexity index is 820. The lowest BCUT2D eigenvalue weighted by Gasteiger charge is -2.13. The molecule has 0 bridgehead atoms. The van der Waals surface area contributed by atoms with Gasteiger partial charge in [-0.2, -0.15) is 5.10 Å². The van der Waals surface area contributed by atoms with Crippen molar-refractivity contribution in [2.45, 2.75) is 26.3 Å². The molecule has 1 amide bonds. The lowest BCUT2D eigenvalue weighted by molar-refractivity contribution is 0.102. The van der Waals surface area contributed by atoms with Crippen LogP contribution in [0.1, 0.15) is 33.4 Å². The van der Waals surface area contributed by atoms with Crippen molar-refractivity contribution < 1.29 is 13.2 Å². The molecule has 2 aromatic rings. The SMILES string of the molecule is Cc1cc(NC(=O)c2sccc2C)n(C2CCS(=O)(=O)C2)n1. The van der Waals surface area contributed by atoms with Crippen molar-refractivity contribution in [1.82, 2.24) is 9.78 Å². The largest absolute Gasteiger partial charge is 0.306 e. The summed E-state index contributed by atoms with van der Waals surface area (Å²) in [5.74, 6) is 0.620. The number of anilines is 1. The average Bonchev–Trinajstić information content (AvgIpc) is 3.09. The van der Waals surface area contributed by atoms with Gasteiger partial charge >= 0.3 is 0 Å². The van der Waals surface area contributed by atoms with Gasteiger partial charge in [-0.15, -0.1) is 11.3 Å². The quantitative estimate of drug-likeness (QED) is 0.929. The first-order valence-electron chi connectivity index (χ1n) is 6.98. The number of amides is 1. The van der Waals surface area contributed by atoms with Crippen LogP contribution in [0, 0.1) is 13.8 Å². The van der Waals surface area contributed by atoms with Gasteiger partial charge < -0.3 is 5.32 Å². The first kappa shape index (κ1) is 15.2. The molecule has 2 aromatic heterocycles. The second kappa shape index (κ2) is 5.51. The number of rotatable bonds is 3. The molecular weight excluding hydrogens is 322 g/mol. The van der Waals surface area contributed by atoms with Gasteiger partial charge in [-0.1, -0.05) is 0 Å². The van der Waals surface area contributed by atoms with Crippen molar-refractivity contribution in [2.24, 2.45) is 0 Å². The van der Waals surface area contributed by atoms with Gasteiger partial charge in [0.05, 0.1) is 28.1 Å². The van der Waals surface area contributed by atoms with Crippen molar-refractivity contribution in [2.75, 3.05) is 16.8 Å². The average molecular weight is 339 g/mol. The third-order valence-corrected chi connectivity index (χ3v) is 6.49. The van der Waals surface area contributed by atoms with E-state index in [-0.39, 0.29) is 23.5 Å². The molecule has 1 aliphatic rings. The van der Waals surface area contributed by atoms with E-state index in [1.54, 1.807) is 10.7 Å². The zero-order valence-electron chi connectivity index (χ0n) is 12.4. The molecule has 0 aromatic carbocycles. The molecule has 0 spiro atoms. The summed E-state index contributed by atoms with van der Waals surface area (Å²) in [6, 6.07) is 3.45. The van der Waals surface area contributed by atoms with Crippen LogP contribution in [0.25, 0.3) is 0 Å². The zero-order valence-corrected chi connectivity index (χ0v) is 14.0. The Labute approximate surface area is 133 Å². The normalized spacial score (nSPS) is 20.2. The molecule has 1 atom stereocenters. The molecule has 1 N–H and O–H groups in total. The van der Waals surface area contributed by atoms with Gasteiger partial charge in [0.25, 0.3) is 5.91 Å². The number of nitrogens with zero attached hydrogens (tertiary/aromatic N) is 2. The van der Waals surface area contributed by atoms with Crippen molar-refractivity contribution >= 4 is 32.9 Å². The maximum absolute atomic E-state index is 12.3. The van der Waals surface area contributed by atoms with Crippen molar-refractivity contribution in [3.8, 4) is 0 Å². The Morgan fingerprint density at radius 1 is 1.45 bits per heavy atom. The molecule has 1 fully saturated rings. The fourth-order valence-electron chi connectivity index (χ4n) is 2.64. The molecule has 0 saturated carbocycles. The van der Waals surface area contributed by atoms with Gasteiger partial charge in [0.2, 0.25) is 0 Å². The standard InChI is InChI=1S/C14H17N3O3S2/c1-9-3-5-21-13(9)14(18)15-12-7-10(2)16-17(12)11-4-6-22(19,20)8-11/h3,5,7,11H,4,6,8H2,1-2H3,(H,15,18). The summed E-state index contributed by atoms with van der Waals surface area (Å²) in [7, 11) is -3.00. The predicted octanol–water partition coefficient (Wildman–Crippen LogP) is 2.17. The Hall–Kier alpha value is -1.67. The monoisotopic (exact) mass is 339 g/mol. The fraction of sp³-hybridized carbons (Fsp3) is 0.429. The minimum atomic E-state index is -3.00. The van der Waals surface area contributed by atoms with E-state index in [0.717, 1.165) is 11.3 Å². The molecule has 1 saturated heterocycles. The molecule has 1 aliphatic heterocycles. The number of hydrogen-bond donors (Lipinski definition) is 1. The Morgan fingerprint density at radius 3 is 2.82 bits per heavy atom. The summed E-state index contributed by atoms with van der Waals surface area (Å²) in [5, 5.41) is 9.08. The van der Waals surface area contributed by atoms with Crippen LogP contribution in [0.15, 0.2) is 17.5 Å². The minimum Gasteiger partial charge on any atom is -0.306 e. The van der Waals surface area contributed by atoms with Crippen LogP contribution in [-0.4, -0.2) is 35.6 Å². The number of hydrogen-bond acceptors (Lipinski definition) is 5. The topological polar surface area (TPSA) is 81.1 Å². The number of nitrogens with one attached hydrogen (secondary N) is 1. The van der Waals surface area contributed by atoms with E-state index >= 15 is 0 Å². The molecule has 0 aliphatic carbocycles. The van der Waals surface area contributed by atoms with Crippen LogP contribution in [-0.2, 0) is 9.84 Å². The van der Waals surface area contributed by atoms with Gasteiger partial charge in [-0.05, 0) is 37.3 Å². The van der Waals surface area contributed by atoms with Crippen LogP contribution in [0.5, 0.6) is 0 Å². The van der Waals surface area contributed by atoms with Crippen molar-refractivity contribution in [1.29, 1.82) is 0 Å². The number of carbonyl (C=O) groups is 1. The highest BCUT2D eigenvalue weighted by Gasteiger charge is 2.31. The second-order valence-electron chi connectivity index (χ2n) is 5.56. The van der Waals surface area contributed by atoms with Crippen LogP contribution in [0.2, 0.25) is 0 Å². The Kier molecular flexibility index (Phi) is 3.82. The van der Waals surface area contributed by atoms with E-state index < -0.39 is 9.84 Å². The van der Waals surface area contributed by atoms with Gasteiger partial charge in [-0.3, -0.25) is 4.79 Å². The van der Waals surface area contributed by atoms with Crippen LogP contribution >= 0.6 is 11.3 Å². The highest BCUT2D eigenvalue weighted by Crippen LogP contribution is 2.27. The molecule has 3 rings (SSSR count). The number of sulfone groups is 1. The maximum Gasteiger partial charge on any atom is 0.267 e. The highest BCUT2D eigenvalue weighted by molar-refractivity contribution is 7.91. The number of thiophene rings is 1. The first-order chi connectivity index (χ1) is 10.4. The molecule has 118 valence electrons. The molecule has 8 heteroatoms. The van der Waals surface area contributed by atoms with Crippen LogP contribution in [0.4, 0.5) is 5.82 Å². The summed E-state index contributed by atoms with van der Waals surface area (Å²) in [6.45, 7) is 3.71. The first-order valence-corrected chi connectivity index (χ1v) is 9.68. The predicted molar refractivity (Wildman–Crippen MR) is 86.3 cm³/mol. The maximum atomic E-state index is 12.3. The van der Waals surface area contributed by atoms with Gasteiger partial charge in [0.1, 0.15) is 5.82 Å². The molecule has 6 nitrogen and oxygen atoms in total. The Balaban J connectivity index is 1.86. The zero-order chi connectivity index (χ0) is 15.9. The number of aryl methyl sites for hydroxylation is 2. The molecule has 22 heavy (non-hydrogen) atoms. The summed E-state index contributed by atoms with van der Waals surface area (Å²) in [6.07, 6.45) is 0.532. The van der Waals surface area contributed by atoms with Crippen molar-refractivity contribution in [3.05, 3.63) is 33.6 Å². The molecular formula is C14H17N3O3S2. The molecule has 0 radical (unpaired) electrons. The second-order valence-corrected chi connectivity index (χ2v) is 8.70. The third-order valence-electron chi connectivity index (χ3n) is 3.72. The van der Waals surface area contributed by atoms with Gasteiger partial charge in [-0.25, -0.2) is 13.1 Å². The fourth-order valence-corrected chi connectivity index (χ4v) is 5.15. The van der Waals surface area contributed by atoms with Crippen molar-refractivity contribution in [3.63, 3.8) is 0 Å². The Morgan fingerprint density at radius 2 is 2.23 bits per heavy atom. The smallest absolute Gasteiger partial charge is 0.267 e. The lowest BCUT2D eigenvalue weighted by Crippen LogP contribution is -2.19. The van der Waals surface area contributed by atoms with Gasteiger partial charge in [0, 0.05) is 6.07 Å². The minimum absolute atomic E-state index is 0.0784. The molecule has 3 heterocycles. The number of carbonyl (C=O) groups excluding carboxylic acids is 1. The van der Waals surface area contributed by atoms with Crippen LogP contribution < -0.4 is 5.32 Å². The van der Waals surface area contributed by atoms with E-state index in [1.807, 2.05) is 25.3 Å². The summed E-state index contributed by atoms with van der Waals surface area (Å²) < 4.78 is 25.0. The highest BCUT2D eigenvalue weighted by atomic mass is 32.2. The van der Waals surface area contributed by atoms with Crippen LogP contribution in [0.3, 0.4) is 0 Å². The van der Waals surface area contributed by atoms with E-state index in [4.69, 9.17) is 0 Å². The summed E-state index contributed by atoms with van der Waals surface area (Å²) >= 11 is 1.38. The van der Waals surface area contributed by atoms with E-state index in [1.165, 1.54) is 11.3 Å². The van der Waals surface area contributed by atoms with E-state index in [0.29, 0.717) is 17.1 Å². The van der Waals surface area contributed by atoms with E-state index in [9.17, 15) is 13.2 Å². The lowest BCUT2D eigenvalue weighted by atomic mass is 10.2. The number of aromatic nitrogens is 2. The molecule has 1 unspecified atom stereocenters. The van der Waals surface area contributed by atoms with Gasteiger partial charge in [0.15, 0.2) is 9.84 Å². The third kappa shape index (κ3) is 2.93. The summed E-state index contributed by atoms with van der Waals surface area (Å²) in [4.78, 5) is 13.0.